The molecular formula is C12H15ClO. The summed E-state index contributed by atoms with van der Waals surface area (Å²) < 4.78 is 0. The third-order valence-electron chi connectivity index (χ3n) is 2.68. The molecule has 0 aliphatic carbocycles. The second kappa shape index (κ2) is 4.61. The molecule has 0 fully saturated rings. The fourth-order valence-electron chi connectivity index (χ4n) is 1.48. The SMILES string of the molecule is Cc1ccc(C(=O)CCCl)c(C)c1C. The van der Waals surface area contributed by atoms with E-state index in [-0.39, 0.29) is 5.78 Å². The van der Waals surface area contributed by atoms with Crippen LogP contribution in [0.1, 0.15) is 33.5 Å². The zero-order valence-corrected chi connectivity index (χ0v) is 9.61. The Morgan fingerprint density at radius 1 is 1.21 bits per heavy atom. The van der Waals surface area contributed by atoms with E-state index in [0.29, 0.717) is 12.3 Å². The Balaban J connectivity index is 3.11. The Morgan fingerprint density at radius 3 is 2.43 bits per heavy atom. The fourth-order valence-corrected chi connectivity index (χ4v) is 1.65. The number of carbonyl (C=O) groups excluding carboxylic acids is 1. The number of aryl methyl sites for hydroxylation is 1. The van der Waals surface area contributed by atoms with E-state index >= 15 is 0 Å². The van der Waals surface area contributed by atoms with Crippen LogP contribution >= 0.6 is 11.6 Å². The first kappa shape index (κ1) is 11.3. The molecule has 0 atom stereocenters. The van der Waals surface area contributed by atoms with Crippen molar-refractivity contribution in [2.45, 2.75) is 27.2 Å². The van der Waals surface area contributed by atoms with Crippen LogP contribution in [0, 0.1) is 20.8 Å². The van der Waals surface area contributed by atoms with Gasteiger partial charge < -0.3 is 0 Å². The lowest BCUT2D eigenvalue weighted by molar-refractivity contribution is 0.0988. The lowest BCUT2D eigenvalue weighted by Gasteiger charge is -2.09. The molecule has 0 heterocycles. The highest BCUT2D eigenvalue weighted by molar-refractivity contribution is 6.19. The van der Waals surface area contributed by atoms with Crippen molar-refractivity contribution in [2.75, 3.05) is 5.88 Å². The van der Waals surface area contributed by atoms with Crippen molar-refractivity contribution >= 4 is 17.4 Å². The van der Waals surface area contributed by atoms with Crippen LogP contribution in [-0.2, 0) is 0 Å². The molecule has 0 radical (unpaired) electrons. The molecule has 14 heavy (non-hydrogen) atoms. The summed E-state index contributed by atoms with van der Waals surface area (Å²) in [6, 6.07) is 3.89. The van der Waals surface area contributed by atoms with Crippen molar-refractivity contribution in [3.8, 4) is 0 Å². The summed E-state index contributed by atoms with van der Waals surface area (Å²) >= 11 is 5.55. The normalized spacial score (nSPS) is 10.3. The second-order valence-electron chi connectivity index (χ2n) is 3.54. The quantitative estimate of drug-likeness (QED) is 0.552. The van der Waals surface area contributed by atoms with Gasteiger partial charge in [-0.2, -0.15) is 0 Å². The number of hydrogen-bond acceptors (Lipinski definition) is 1. The molecule has 0 unspecified atom stereocenters. The van der Waals surface area contributed by atoms with Crippen LogP contribution in [0.5, 0.6) is 0 Å². The first-order valence-corrected chi connectivity index (χ1v) is 5.27. The summed E-state index contributed by atoms with van der Waals surface area (Å²) in [4.78, 5) is 11.6. The van der Waals surface area contributed by atoms with E-state index in [1.54, 1.807) is 0 Å². The van der Waals surface area contributed by atoms with E-state index < -0.39 is 0 Å². The van der Waals surface area contributed by atoms with Gasteiger partial charge in [-0.05, 0) is 37.5 Å². The number of alkyl halides is 1. The molecule has 0 N–H and O–H groups in total. The summed E-state index contributed by atoms with van der Waals surface area (Å²) in [5.74, 6) is 0.533. The molecule has 0 aromatic heterocycles. The summed E-state index contributed by atoms with van der Waals surface area (Å²) in [6.45, 7) is 6.09. The molecule has 2 heteroatoms. The lowest BCUT2D eigenvalue weighted by atomic mass is 9.96. The minimum atomic E-state index is 0.139. The molecule has 0 aliphatic heterocycles. The fraction of sp³-hybridized carbons (Fsp3) is 0.417. The van der Waals surface area contributed by atoms with Crippen molar-refractivity contribution in [2.24, 2.45) is 0 Å². The summed E-state index contributed by atoms with van der Waals surface area (Å²) in [5.41, 5.74) is 4.32. The first-order valence-electron chi connectivity index (χ1n) is 4.74. The smallest absolute Gasteiger partial charge is 0.164 e. The van der Waals surface area contributed by atoms with Crippen LogP contribution in [0.2, 0.25) is 0 Å². The maximum absolute atomic E-state index is 11.6. The molecule has 0 saturated carbocycles. The van der Waals surface area contributed by atoms with Gasteiger partial charge in [0, 0.05) is 17.9 Å². The molecular weight excluding hydrogens is 196 g/mol. The number of carbonyl (C=O) groups is 1. The van der Waals surface area contributed by atoms with Crippen molar-refractivity contribution in [3.05, 3.63) is 34.4 Å². The van der Waals surface area contributed by atoms with Gasteiger partial charge in [-0.15, -0.1) is 11.6 Å². The summed E-state index contributed by atoms with van der Waals surface area (Å²) in [5, 5.41) is 0. The van der Waals surface area contributed by atoms with Crippen LogP contribution in [0.4, 0.5) is 0 Å². The van der Waals surface area contributed by atoms with Gasteiger partial charge in [-0.3, -0.25) is 4.79 Å². The number of hydrogen-bond donors (Lipinski definition) is 0. The predicted molar refractivity (Wildman–Crippen MR) is 60.3 cm³/mol. The van der Waals surface area contributed by atoms with Crippen LogP contribution in [0.15, 0.2) is 12.1 Å². The van der Waals surface area contributed by atoms with Crippen molar-refractivity contribution < 1.29 is 4.79 Å². The van der Waals surface area contributed by atoms with Gasteiger partial charge in [0.2, 0.25) is 0 Å². The van der Waals surface area contributed by atoms with Crippen molar-refractivity contribution in [1.82, 2.24) is 0 Å². The van der Waals surface area contributed by atoms with Crippen LogP contribution in [0.3, 0.4) is 0 Å². The van der Waals surface area contributed by atoms with Gasteiger partial charge in [-0.25, -0.2) is 0 Å². The average molecular weight is 211 g/mol. The molecule has 0 bridgehead atoms. The van der Waals surface area contributed by atoms with Crippen molar-refractivity contribution in [3.63, 3.8) is 0 Å². The van der Waals surface area contributed by atoms with Gasteiger partial charge in [0.05, 0.1) is 0 Å². The van der Waals surface area contributed by atoms with E-state index in [9.17, 15) is 4.79 Å². The standard InChI is InChI=1S/C12H15ClO/c1-8-4-5-11(10(3)9(8)2)12(14)6-7-13/h4-5H,6-7H2,1-3H3. The second-order valence-corrected chi connectivity index (χ2v) is 3.92. The lowest BCUT2D eigenvalue weighted by Crippen LogP contribution is -2.04. The number of Topliss-reactive ketones (excluding diaryl/α,β-unsaturated/α-hetero) is 1. The number of rotatable bonds is 3. The highest BCUT2D eigenvalue weighted by Gasteiger charge is 2.10. The Morgan fingerprint density at radius 2 is 1.86 bits per heavy atom. The summed E-state index contributed by atoms with van der Waals surface area (Å²) in [6.07, 6.45) is 0.422. The Kier molecular flexibility index (Phi) is 3.70. The van der Waals surface area contributed by atoms with E-state index in [4.69, 9.17) is 11.6 Å². The predicted octanol–water partition coefficient (Wildman–Crippen LogP) is 3.42. The molecule has 0 saturated heterocycles. The number of benzene rings is 1. The monoisotopic (exact) mass is 210 g/mol. The topological polar surface area (TPSA) is 17.1 Å². The molecule has 1 nitrogen and oxygen atoms in total. The Hall–Kier alpha value is -0.820. The van der Waals surface area contributed by atoms with Crippen LogP contribution < -0.4 is 0 Å². The van der Waals surface area contributed by atoms with Gasteiger partial charge in [0.15, 0.2) is 5.78 Å². The van der Waals surface area contributed by atoms with Gasteiger partial charge in [-0.1, -0.05) is 12.1 Å². The highest BCUT2D eigenvalue weighted by atomic mass is 35.5. The molecule has 0 spiro atoms. The Bertz CT molecular complexity index is 356. The molecule has 0 aliphatic rings. The minimum Gasteiger partial charge on any atom is -0.294 e. The van der Waals surface area contributed by atoms with Gasteiger partial charge >= 0.3 is 0 Å². The molecule has 1 aromatic carbocycles. The zero-order valence-electron chi connectivity index (χ0n) is 8.86. The van der Waals surface area contributed by atoms with E-state index in [1.165, 1.54) is 11.1 Å². The largest absolute Gasteiger partial charge is 0.294 e. The Labute approximate surface area is 90.1 Å². The number of halogens is 1. The summed E-state index contributed by atoms with van der Waals surface area (Å²) in [7, 11) is 0. The molecule has 1 rings (SSSR count). The number of ketones is 1. The molecule has 76 valence electrons. The first-order chi connectivity index (χ1) is 6.57. The maximum atomic E-state index is 11.6. The molecule has 0 amide bonds. The van der Waals surface area contributed by atoms with E-state index in [1.807, 2.05) is 26.0 Å². The zero-order chi connectivity index (χ0) is 10.7. The van der Waals surface area contributed by atoms with Crippen molar-refractivity contribution in [1.29, 1.82) is 0 Å². The van der Waals surface area contributed by atoms with Gasteiger partial charge in [0.1, 0.15) is 0 Å². The van der Waals surface area contributed by atoms with Crippen LogP contribution in [0.25, 0.3) is 0 Å². The molecule has 1 aromatic rings. The van der Waals surface area contributed by atoms with E-state index in [0.717, 1.165) is 11.1 Å². The minimum absolute atomic E-state index is 0.139. The van der Waals surface area contributed by atoms with E-state index in [2.05, 4.69) is 6.92 Å². The highest BCUT2D eigenvalue weighted by Crippen LogP contribution is 2.18. The van der Waals surface area contributed by atoms with Gasteiger partial charge in [0.25, 0.3) is 0 Å². The average Bonchev–Trinajstić information content (AvgIpc) is 2.15. The third-order valence-corrected chi connectivity index (χ3v) is 2.87. The van der Waals surface area contributed by atoms with Crippen LogP contribution in [-0.4, -0.2) is 11.7 Å². The third kappa shape index (κ3) is 2.16. The maximum Gasteiger partial charge on any atom is 0.164 e.